The van der Waals surface area contributed by atoms with Crippen molar-refractivity contribution in [3.63, 3.8) is 0 Å². The van der Waals surface area contributed by atoms with Crippen molar-refractivity contribution in [2.75, 3.05) is 0 Å². The van der Waals surface area contributed by atoms with Crippen LogP contribution in [0, 0.1) is 0 Å². The first-order chi connectivity index (χ1) is 13.6. The van der Waals surface area contributed by atoms with Gasteiger partial charge >= 0.3 is 0 Å². The molecule has 3 aromatic carbocycles. The highest BCUT2D eigenvalue weighted by atomic mass is 35.5. The molecule has 140 valence electrons. The highest BCUT2D eigenvalue weighted by Crippen LogP contribution is 2.19. The Bertz CT molecular complexity index is 1100. The molecular formula is C23H20ClN3O. The summed E-state index contributed by atoms with van der Waals surface area (Å²) in [5, 5.41) is 9.25. The fourth-order valence-corrected chi connectivity index (χ4v) is 3.33. The molecule has 0 aliphatic heterocycles. The van der Waals surface area contributed by atoms with E-state index < -0.39 is 0 Å². The van der Waals surface area contributed by atoms with Gasteiger partial charge < -0.3 is 5.32 Å². The fraction of sp³-hybridized carbons (Fsp3) is 0.130. The molecule has 0 radical (unpaired) electrons. The topological polar surface area (TPSA) is 46.9 Å². The lowest BCUT2D eigenvalue weighted by Crippen LogP contribution is -2.26. The Hall–Kier alpha value is -3.11. The van der Waals surface area contributed by atoms with Crippen LogP contribution in [-0.2, 0) is 6.54 Å². The van der Waals surface area contributed by atoms with Crippen molar-refractivity contribution in [1.29, 1.82) is 0 Å². The first-order valence-electron chi connectivity index (χ1n) is 9.16. The molecule has 4 rings (SSSR count). The molecule has 0 aliphatic rings. The van der Waals surface area contributed by atoms with Crippen LogP contribution in [-0.4, -0.2) is 15.7 Å². The summed E-state index contributed by atoms with van der Waals surface area (Å²) >= 11 is 5.96. The Morgan fingerprint density at radius 3 is 2.57 bits per heavy atom. The highest BCUT2D eigenvalue weighted by Gasteiger charge is 2.13. The van der Waals surface area contributed by atoms with Crippen LogP contribution >= 0.6 is 11.6 Å². The zero-order valence-electron chi connectivity index (χ0n) is 15.5. The lowest BCUT2D eigenvalue weighted by atomic mass is 10.1. The predicted octanol–water partition coefficient (Wildman–Crippen LogP) is 5.23. The van der Waals surface area contributed by atoms with E-state index in [2.05, 4.69) is 10.4 Å². The molecule has 1 heterocycles. The predicted molar refractivity (Wildman–Crippen MR) is 113 cm³/mol. The maximum absolute atomic E-state index is 12.7. The van der Waals surface area contributed by atoms with Crippen LogP contribution in [0.15, 0.2) is 79.0 Å². The van der Waals surface area contributed by atoms with Crippen LogP contribution < -0.4 is 5.32 Å². The van der Waals surface area contributed by atoms with E-state index in [9.17, 15) is 4.79 Å². The number of amides is 1. The number of nitrogens with zero attached hydrogens (tertiary/aromatic N) is 2. The second kappa shape index (κ2) is 7.87. The first-order valence-corrected chi connectivity index (χ1v) is 9.54. The number of hydrogen-bond donors (Lipinski definition) is 1. The SMILES string of the molecule is C[C@@H](NC(=O)c1ccc2cnn(Cc3ccc(Cl)cc3)c2c1)c1ccccc1. The molecular weight excluding hydrogens is 370 g/mol. The first kappa shape index (κ1) is 18.3. The van der Waals surface area contributed by atoms with Crippen molar-refractivity contribution in [3.8, 4) is 0 Å². The minimum absolute atomic E-state index is 0.0663. The van der Waals surface area contributed by atoms with Crippen LogP contribution in [0.1, 0.15) is 34.5 Å². The molecule has 4 aromatic rings. The maximum Gasteiger partial charge on any atom is 0.251 e. The van der Waals surface area contributed by atoms with E-state index in [-0.39, 0.29) is 11.9 Å². The molecule has 5 heteroatoms. The number of fused-ring (bicyclic) bond motifs is 1. The maximum atomic E-state index is 12.7. The van der Waals surface area contributed by atoms with Crippen molar-refractivity contribution < 1.29 is 4.79 Å². The molecule has 0 saturated heterocycles. The van der Waals surface area contributed by atoms with Gasteiger partial charge in [0.2, 0.25) is 0 Å². The molecule has 0 saturated carbocycles. The third kappa shape index (κ3) is 3.92. The van der Waals surface area contributed by atoms with Crippen molar-refractivity contribution in [2.24, 2.45) is 0 Å². The Morgan fingerprint density at radius 1 is 1.07 bits per heavy atom. The van der Waals surface area contributed by atoms with Crippen LogP contribution in [0.3, 0.4) is 0 Å². The molecule has 1 aromatic heterocycles. The Morgan fingerprint density at radius 2 is 1.82 bits per heavy atom. The number of carbonyl (C=O) groups is 1. The summed E-state index contributed by atoms with van der Waals surface area (Å²) in [5.41, 5.74) is 3.72. The standard InChI is InChI=1S/C23H20ClN3O/c1-16(18-5-3-2-4-6-18)26-23(28)19-9-10-20-14-25-27(22(20)13-19)15-17-7-11-21(24)12-8-17/h2-14,16H,15H2,1H3,(H,26,28)/t16-/m1/s1. The monoisotopic (exact) mass is 389 g/mol. The lowest BCUT2D eigenvalue weighted by Gasteiger charge is -2.14. The summed E-state index contributed by atoms with van der Waals surface area (Å²) < 4.78 is 1.90. The number of carbonyl (C=O) groups excluding carboxylic acids is 1. The van der Waals surface area contributed by atoms with Crippen molar-refractivity contribution >= 4 is 28.4 Å². The summed E-state index contributed by atoms with van der Waals surface area (Å²) in [7, 11) is 0. The van der Waals surface area contributed by atoms with E-state index in [1.165, 1.54) is 0 Å². The van der Waals surface area contributed by atoms with Gasteiger partial charge in [0, 0.05) is 16.0 Å². The number of aromatic nitrogens is 2. The lowest BCUT2D eigenvalue weighted by molar-refractivity contribution is 0.0940. The Balaban J connectivity index is 1.56. The molecule has 0 fully saturated rings. The van der Waals surface area contributed by atoms with Crippen molar-refractivity contribution in [1.82, 2.24) is 15.1 Å². The Labute approximate surface area is 168 Å². The fourth-order valence-electron chi connectivity index (χ4n) is 3.21. The molecule has 0 bridgehead atoms. The van der Waals surface area contributed by atoms with Gasteiger partial charge in [0.25, 0.3) is 5.91 Å². The van der Waals surface area contributed by atoms with E-state index >= 15 is 0 Å². The number of rotatable bonds is 5. The van der Waals surface area contributed by atoms with Gasteiger partial charge in [0.15, 0.2) is 0 Å². The summed E-state index contributed by atoms with van der Waals surface area (Å²) in [6.45, 7) is 2.60. The van der Waals surface area contributed by atoms with Crippen LogP contribution in [0.2, 0.25) is 5.02 Å². The average Bonchev–Trinajstić information content (AvgIpc) is 3.12. The summed E-state index contributed by atoms with van der Waals surface area (Å²) in [5.74, 6) is -0.0995. The van der Waals surface area contributed by atoms with E-state index in [0.29, 0.717) is 17.1 Å². The van der Waals surface area contributed by atoms with Gasteiger partial charge in [-0.2, -0.15) is 5.10 Å². The third-order valence-corrected chi connectivity index (χ3v) is 5.05. The summed E-state index contributed by atoms with van der Waals surface area (Å²) in [4.78, 5) is 12.7. The largest absolute Gasteiger partial charge is 0.346 e. The molecule has 0 spiro atoms. The summed E-state index contributed by atoms with van der Waals surface area (Å²) in [6, 6.07) is 23.2. The molecule has 1 atom stereocenters. The molecule has 1 amide bonds. The minimum Gasteiger partial charge on any atom is -0.346 e. The van der Waals surface area contributed by atoms with Crippen LogP contribution in [0.4, 0.5) is 0 Å². The number of halogens is 1. The molecule has 28 heavy (non-hydrogen) atoms. The quantitative estimate of drug-likeness (QED) is 0.508. The van der Waals surface area contributed by atoms with Crippen LogP contribution in [0.25, 0.3) is 10.9 Å². The van der Waals surface area contributed by atoms with Gasteiger partial charge in [-0.25, -0.2) is 0 Å². The molecule has 4 nitrogen and oxygen atoms in total. The molecule has 0 aliphatic carbocycles. The summed E-state index contributed by atoms with van der Waals surface area (Å²) in [6.07, 6.45) is 1.82. The van der Waals surface area contributed by atoms with Gasteiger partial charge in [0.05, 0.1) is 24.3 Å². The Kier molecular flexibility index (Phi) is 5.13. The van der Waals surface area contributed by atoms with E-state index in [1.54, 1.807) is 0 Å². The molecule has 1 N–H and O–H groups in total. The van der Waals surface area contributed by atoms with Gasteiger partial charge in [-0.1, -0.05) is 60.1 Å². The molecule has 0 unspecified atom stereocenters. The minimum atomic E-state index is -0.0995. The second-order valence-electron chi connectivity index (χ2n) is 6.81. The zero-order valence-corrected chi connectivity index (χ0v) is 16.2. The van der Waals surface area contributed by atoms with E-state index in [1.807, 2.05) is 90.6 Å². The smallest absolute Gasteiger partial charge is 0.251 e. The van der Waals surface area contributed by atoms with Crippen molar-refractivity contribution in [3.05, 3.63) is 101 Å². The van der Waals surface area contributed by atoms with Gasteiger partial charge in [0.1, 0.15) is 0 Å². The number of hydrogen-bond acceptors (Lipinski definition) is 2. The van der Waals surface area contributed by atoms with Gasteiger partial charge in [-0.15, -0.1) is 0 Å². The number of benzene rings is 3. The van der Waals surface area contributed by atoms with Gasteiger partial charge in [-0.05, 0) is 42.3 Å². The number of nitrogens with one attached hydrogen (secondary N) is 1. The van der Waals surface area contributed by atoms with E-state index in [0.717, 1.165) is 22.0 Å². The zero-order chi connectivity index (χ0) is 19.5. The van der Waals surface area contributed by atoms with E-state index in [4.69, 9.17) is 11.6 Å². The van der Waals surface area contributed by atoms with Crippen LogP contribution in [0.5, 0.6) is 0 Å². The average molecular weight is 390 g/mol. The van der Waals surface area contributed by atoms with Gasteiger partial charge in [-0.3, -0.25) is 9.48 Å². The third-order valence-electron chi connectivity index (χ3n) is 4.80. The normalized spacial score (nSPS) is 12.1. The highest BCUT2D eigenvalue weighted by molar-refractivity contribution is 6.30. The van der Waals surface area contributed by atoms with Crippen molar-refractivity contribution in [2.45, 2.75) is 19.5 Å². The second-order valence-corrected chi connectivity index (χ2v) is 7.24.